The first-order chi connectivity index (χ1) is 14.1. The Balaban J connectivity index is 1.46. The zero-order chi connectivity index (χ0) is 20.5. The molecular weight excluding hydrogens is 368 g/mol. The van der Waals surface area contributed by atoms with Gasteiger partial charge in [-0.25, -0.2) is 9.59 Å². The van der Waals surface area contributed by atoms with Gasteiger partial charge in [0.2, 0.25) is 0 Å². The number of carbonyl (C=O) groups is 2. The van der Waals surface area contributed by atoms with Crippen LogP contribution < -0.4 is 9.47 Å². The van der Waals surface area contributed by atoms with Crippen molar-refractivity contribution in [2.75, 3.05) is 6.61 Å². The minimum Gasteiger partial charge on any atom is -0.482 e. The Morgan fingerprint density at radius 2 is 1.41 bits per heavy atom. The molecule has 3 aromatic carbocycles. The van der Waals surface area contributed by atoms with Crippen molar-refractivity contribution in [2.24, 2.45) is 0 Å². The Morgan fingerprint density at radius 1 is 0.759 bits per heavy atom. The number of carbonyl (C=O) groups excluding carboxylic acids is 2. The lowest BCUT2D eigenvalue weighted by Crippen LogP contribution is -2.17. The standard InChI is InChI=1S/C24H22O5/c1-2-18-8-12-21(13-9-18)27-17-23(25)29-22-14-10-20(11-15-22)24(26)28-16-19-6-4-3-5-7-19/h3-15H,2,16-17H2,1H3. The second kappa shape index (κ2) is 10.1. The number of hydrogen-bond donors (Lipinski definition) is 0. The van der Waals surface area contributed by atoms with E-state index in [0.29, 0.717) is 17.1 Å². The molecule has 0 unspecified atom stereocenters. The molecule has 0 atom stereocenters. The molecule has 0 radical (unpaired) electrons. The summed E-state index contributed by atoms with van der Waals surface area (Å²) < 4.78 is 15.9. The van der Waals surface area contributed by atoms with Crippen LogP contribution in [-0.2, 0) is 22.6 Å². The van der Waals surface area contributed by atoms with E-state index in [9.17, 15) is 9.59 Å². The zero-order valence-electron chi connectivity index (χ0n) is 16.2. The number of rotatable bonds is 8. The van der Waals surface area contributed by atoms with E-state index in [-0.39, 0.29) is 13.2 Å². The van der Waals surface area contributed by atoms with Gasteiger partial charge < -0.3 is 14.2 Å². The van der Waals surface area contributed by atoms with Crippen LogP contribution in [0.1, 0.15) is 28.4 Å². The van der Waals surface area contributed by atoms with Crippen molar-refractivity contribution >= 4 is 11.9 Å². The SMILES string of the molecule is CCc1ccc(OCC(=O)Oc2ccc(C(=O)OCc3ccccc3)cc2)cc1. The van der Waals surface area contributed by atoms with Crippen LogP contribution in [0.2, 0.25) is 0 Å². The van der Waals surface area contributed by atoms with Crippen LogP contribution in [0.15, 0.2) is 78.9 Å². The average Bonchev–Trinajstić information content (AvgIpc) is 2.77. The first-order valence-electron chi connectivity index (χ1n) is 9.37. The summed E-state index contributed by atoms with van der Waals surface area (Å²) in [4.78, 5) is 24.1. The third-order valence-corrected chi connectivity index (χ3v) is 4.22. The molecule has 0 N–H and O–H groups in total. The molecule has 0 aliphatic heterocycles. The van der Waals surface area contributed by atoms with E-state index in [2.05, 4.69) is 6.92 Å². The number of ether oxygens (including phenoxy) is 3. The Hall–Kier alpha value is -3.60. The summed E-state index contributed by atoms with van der Waals surface area (Å²) in [5.74, 6) is -0.0234. The summed E-state index contributed by atoms with van der Waals surface area (Å²) in [5.41, 5.74) is 2.49. The van der Waals surface area contributed by atoms with Gasteiger partial charge in [0.25, 0.3) is 0 Å². The van der Waals surface area contributed by atoms with Gasteiger partial charge in [0.05, 0.1) is 5.56 Å². The lowest BCUT2D eigenvalue weighted by Gasteiger charge is -2.08. The fourth-order valence-electron chi connectivity index (χ4n) is 2.59. The molecule has 0 fully saturated rings. The van der Waals surface area contributed by atoms with Gasteiger partial charge in [-0.05, 0) is 53.9 Å². The zero-order valence-corrected chi connectivity index (χ0v) is 16.2. The minimum atomic E-state index is -0.524. The molecule has 3 aromatic rings. The molecule has 0 amide bonds. The molecule has 148 valence electrons. The fourth-order valence-corrected chi connectivity index (χ4v) is 2.59. The first kappa shape index (κ1) is 20.1. The summed E-state index contributed by atoms with van der Waals surface area (Å²) in [6, 6.07) is 23.2. The second-order valence-corrected chi connectivity index (χ2v) is 6.35. The molecule has 0 heterocycles. The lowest BCUT2D eigenvalue weighted by molar-refractivity contribution is -0.136. The third-order valence-electron chi connectivity index (χ3n) is 4.22. The highest BCUT2D eigenvalue weighted by Gasteiger charge is 2.10. The van der Waals surface area contributed by atoms with E-state index in [1.54, 1.807) is 24.3 Å². The summed E-state index contributed by atoms with van der Waals surface area (Å²) in [7, 11) is 0. The molecule has 0 saturated carbocycles. The highest BCUT2D eigenvalue weighted by molar-refractivity contribution is 5.89. The molecule has 0 saturated heterocycles. The van der Waals surface area contributed by atoms with Gasteiger partial charge in [-0.3, -0.25) is 0 Å². The molecule has 5 nitrogen and oxygen atoms in total. The predicted octanol–water partition coefficient (Wildman–Crippen LogP) is 4.59. The van der Waals surface area contributed by atoms with Gasteiger partial charge in [0.15, 0.2) is 6.61 Å². The average molecular weight is 390 g/mol. The topological polar surface area (TPSA) is 61.8 Å². The van der Waals surface area contributed by atoms with Crippen molar-refractivity contribution in [3.8, 4) is 11.5 Å². The third kappa shape index (κ3) is 6.21. The molecule has 0 spiro atoms. The largest absolute Gasteiger partial charge is 0.482 e. The highest BCUT2D eigenvalue weighted by Crippen LogP contribution is 2.15. The monoisotopic (exact) mass is 390 g/mol. The molecule has 29 heavy (non-hydrogen) atoms. The number of hydrogen-bond acceptors (Lipinski definition) is 5. The van der Waals surface area contributed by atoms with E-state index >= 15 is 0 Å². The molecule has 3 rings (SSSR count). The maximum absolute atomic E-state index is 12.1. The molecule has 0 aliphatic carbocycles. The van der Waals surface area contributed by atoms with Gasteiger partial charge in [-0.1, -0.05) is 49.4 Å². The Kier molecular flexibility index (Phi) is 7.00. The molecule has 0 bridgehead atoms. The van der Waals surface area contributed by atoms with Crippen molar-refractivity contribution in [1.29, 1.82) is 0 Å². The quantitative estimate of drug-likeness (QED) is 0.416. The van der Waals surface area contributed by atoms with E-state index in [1.165, 1.54) is 5.56 Å². The summed E-state index contributed by atoms with van der Waals surface area (Å²) >= 11 is 0. The molecule has 5 heteroatoms. The van der Waals surface area contributed by atoms with Crippen LogP contribution in [0.25, 0.3) is 0 Å². The van der Waals surface area contributed by atoms with Gasteiger partial charge in [-0.15, -0.1) is 0 Å². The van der Waals surface area contributed by atoms with Crippen LogP contribution in [0.4, 0.5) is 0 Å². The second-order valence-electron chi connectivity index (χ2n) is 6.35. The van der Waals surface area contributed by atoms with Crippen molar-refractivity contribution in [3.63, 3.8) is 0 Å². The number of esters is 2. The van der Waals surface area contributed by atoms with E-state index < -0.39 is 11.9 Å². The highest BCUT2D eigenvalue weighted by atomic mass is 16.6. The number of benzene rings is 3. The lowest BCUT2D eigenvalue weighted by atomic mass is 10.2. The van der Waals surface area contributed by atoms with Crippen LogP contribution >= 0.6 is 0 Å². The van der Waals surface area contributed by atoms with Gasteiger partial charge >= 0.3 is 11.9 Å². The van der Waals surface area contributed by atoms with Gasteiger partial charge in [0.1, 0.15) is 18.1 Å². The molecule has 0 aliphatic rings. The van der Waals surface area contributed by atoms with Crippen molar-refractivity contribution < 1.29 is 23.8 Å². The summed E-state index contributed by atoms with van der Waals surface area (Å²) in [6.07, 6.45) is 0.943. The molecule has 0 aromatic heterocycles. The maximum atomic E-state index is 12.1. The Morgan fingerprint density at radius 3 is 2.07 bits per heavy atom. The Bertz CT molecular complexity index is 931. The predicted molar refractivity (Wildman–Crippen MR) is 109 cm³/mol. The summed E-state index contributed by atoms with van der Waals surface area (Å²) in [5, 5.41) is 0. The van der Waals surface area contributed by atoms with Crippen molar-refractivity contribution in [1.82, 2.24) is 0 Å². The smallest absolute Gasteiger partial charge is 0.349 e. The van der Waals surface area contributed by atoms with Crippen LogP contribution in [0.5, 0.6) is 11.5 Å². The van der Waals surface area contributed by atoms with E-state index in [4.69, 9.17) is 14.2 Å². The molecular formula is C24H22O5. The van der Waals surface area contributed by atoms with Gasteiger partial charge in [0, 0.05) is 0 Å². The van der Waals surface area contributed by atoms with Crippen LogP contribution in [0, 0.1) is 0 Å². The van der Waals surface area contributed by atoms with E-state index in [0.717, 1.165) is 12.0 Å². The summed E-state index contributed by atoms with van der Waals surface area (Å²) in [6.45, 7) is 2.07. The van der Waals surface area contributed by atoms with Crippen LogP contribution in [0.3, 0.4) is 0 Å². The fraction of sp³-hybridized carbons (Fsp3) is 0.167. The normalized spacial score (nSPS) is 10.2. The van der Waals surface area contributed by atoms with Crippen molar-refractivity contribution in [2.45, 2.75) is 20.0 Å². The first-order valence-corrected chi connectivity index (χ1v) is 9.37. The van der Waals surface area contributed by atoms with Gasteiger partial charge in [-0.2, -0.15) is 0 Å². The maximum Gasteiger partial charge on any atom is 0.349 e. The Labute approximate surface area is 169 Å². The number of aryl methyl sites for hydroxylation is 1. The van der Waals surface area contributed by atoms with Crippen molar-refractivity contribution in [3.05, 3.63) is 95.6 Å². The van der Waals surface area contributed by atoms with E-state index in [1.807, 2.05) is 54.6 Å². The minimum absolute atomic E-state index is 0.201. The van der Waals surface area contributed by atoms with Crippen LogP contribution in [-0.4, -0.2) is 18.5 Å².